The molecule has 0 aliphatic heterocycles. The van der Waals surface area contributed by atoms with E-state index in [1.807, 2.05) is 61.5 Å². The molecule has 0 saturated heterocycles. The second-order valence-corrected chi connectivity index (χ2v) is 10.7. The first-order valence-corrected chi connectivity index (χ1v) is 13.4. The van der Waals surface area contributed by atoms with E-state index in [9.17, 15) is 13.2 Å². The lowest BCUT2D eigenvalue weighted by Crippen LogP contribution is -2.30. The molecule has 0 bridgehead atoms. The van der Waals surface area contributed by atoms with Gasteiger partial charge < -0.3 is 14.8 Å². The van der Waals surface area contributed by atoms with Gasteiger partial charge in [-0.2, -0.15) is 0 Å². The molecular weight excluding hydrogens is 500 g/mol. The summed E-state index contributed by atoms with van der Waals surface area (Å²) >= 11 is 0. The number of amides is 1. The highest BCUT2D eigenvalue weighted by Gasteiger charge is 2.24. The number of aryl methyl sites for hydroxylation is 1. The molecule has 0 aliphatic rings. The minimum absolute atomic E-state index is 0.0587. The van der Waals surface area contributed by atoms with Gasteiger partial charge in [-0.05, 0) is 60.0 Å². The van der Waals surface area contributed by atoms with Crippen molar-refractivity contribution in [3.63, 3.8) is 0 Å². The van der Waals surface area contributed by atoms with E-state index < -0.39 is 10.0 Å². The number of nitrogens with zero attached hydrogens (tertiary/aromatic N) is 1. The highest BCUT2D eigenvalue weighted by atomic mass is 32.2. The summed E-state index contributed by atoms with van der Waals surface area (Å²) in [5, 5.41) is 3.14. The molecule has 0 radical (unpaired) electrons. The first-order valence-electron chi connectivity index (χ1n) is 12.0. The molecule has 38 heavy (non-hydrogen) atoms. The third kappa shape index (κ3) is 5.50. The predicted octanol–water partition coefficient (Wildman–Crippen LogP) is 5.36. The first-order chi connectivity index (χ1) is 18.3. The maximum absolute atomic E-state index is 13.3. The van der Waals surface area contributed by atoms with Gasteiger partial charge in [0.2, 0.25) is 0 Å². The standard InChI is InChI=1S/C30H30N2O5S/c1-21-10-8-9-13-26(21)29(22-11-6-5-7-12-22)31-30(33)23-14-16-24(17-15-23)32(2)38(34,35)25-18-19-27(36-3)28(20-25)37-4/h5-20,29H,1-4H3,(H,31,33). The molecule has 0 aliphatic carbocycles. The van der Waals surface area contributed by atoms with Gasteiger partial charge in [0, 0.05) is 18.7 Å². The minimum atomic E-state index is -3.88. The molecule has 7 nitrogen and oxygen atoms in total. The van der Waals surface area contributed by atoms with E-state index in [0.29, 0.717) is 22.7 Å². The molecule has 0 aromatic heterocycles. The molecule has 1 atom stereocenters. The maximum atomic E-state index is 13.3. The van der Waals surface area contributed by atoms with Gasteiger partial charge in [-0.15, -0.1) is 0 Å². The molecule has 8 heteroatoms. The van der Waals surface area contributed by atoms with E-state index in [0.717, 1.165) is 21.0 Å². The topological polar surface area (TPSA) is 84.9 Å². The zero-order chi connectivity index (χ0) is 27.3. The fourth-order valence-corrected chi connectivity index (χ4v) is 5.42. The van der Waals surface area contributed by atoms with Crippen molar-refractivity contribution in [3.8, 4) is 11.5 Å². The average Bonchev–Trinajstić information content (AvgIpc) is 2.96. The van der Waals surface area contributed by atoms with E-state index in [4.69, 9.17) is 9.47 Å². The minimum Gasteiger partial charge on any atom is -0.493 e. The van der Waals surface area contributed by atoms with Crippen LogP contribution >= 0.6 is 0 Å². The number of benzene rings is 4. The molecular formula is C30H30N2O5S. The Hall–Kier alpha value is -4.30. The molecule has 1 amide bonds. The molecule has 196 valence electrons. The monoisotopic (exact) mass is 530 g/mol. The molecule has 0 heterocycles. The Morgan fingerprint density at radius 3 is 2.08 bits per heavy atom. The Balaban J connectivity index is 1.57. The molecule has 4 rings (SSSR count). The van der Waals surface area contributed by atoms with Gasteiger partial charge in [0.15, 0.2) is 11.5 Å². The molecule has 0 saturated carbocycles. The Kier molecular flexibility index (Phi) is 8.02. The van der Waals surface area contributed by atoms with Crippen LogP contribution in [0.2, 0.25) is 0 Å². The van der Waals surface area contributed by atoms with Crippen molar-refractivity contribution in [1.82, 2.24) is 5.32 Å². The van der Waals surface area contributed by atoms with Crippen LogP contribution in [0.25, 0.3) is 0 Å². The van der Waals surface area contributed by atoms with Gasteiger partial charge >= 0.3 is 0 Å². The lowest BCUT2D eigenvalue weighted by atomic mass is 9.94. The zero-order valence-electron chi connectivity index (χ0n) is 21.7. The van der Waals surface area contributed by atoms with Crippen LogP contribution in [0.1, 0.15) is 33.1 Å². The predicted molar refractivity (Wildman–Crippen MR) is 149 cm³/mol. The number of nitrogens with one attached hydrogen (secondary N) is 1. The van der Waals surface area contributed by atoms with Crippen LogP contribution < -0.4 is 19.1 Å². The number of anilines is 1. The number of rotatable bonds is 9. The van der Waals surface area contributed by atoms with E-state index in [1.54, 1.807) is 30.3 Å². The number of sulfonamides is 1. The third-order valence-electron chi connectivity index (χ3n) is 6.41. The van der Waals surface area contributed by atoms with Crippen LogP contribution in [0, 0.1) is 6.92 Å². The van der Waals surface area contributed by atoms with Crippen molar-refractivity contribution in [2.24, 2.45) is 0 Å². The van der Waals surface area contributed by atoms with Crippen LogP contribution in [0.3, 0.4) is 0 Å². The summed E-state index contributed by atoms with van der Waals surface area (Å²) in [4.78, 5) is 13.3. The van der Waals surface area contributed by atoms with Crippen LogP contribution in [-0.2, 0) is 10.0 Å². The fourth-order valence-electron chi connectivity index (χ4n) is 4.21. The number of ether oxygens (including phenoxy) is 2. The smallest absolute Gasteiger partial charge is 0.264 e. The molecule has 4 aromatic carbocycles. The third-order valence-corrected chi connectivity index (χ3v) is 8.20. The van der Waals surface area contributed by atoms with Crippen molar-refractivity contribution in [2.75, 3.05) is 25.6 Å². The Labute approximate surface area is 223 Å². The summed E-state index contributed by atoms with van der Waals surface area (Å²) in [5.74, 6) is 0.485. The van der Waals surface area contributed by atoms with Gasteiger partial charge in [0.05, 0.1) is 30.8 Å². The normalized spacial score (nSPS) is 11.9. The maximum Gasteiger partial charge on any atom is 0.264 e. The number of carbonyl (C=O) groups excluding carboxylic acids is 1. The number of carbonyl (C=O) groups is 1. The quantitative estimate of drug-likeness (QED) is 0.315. The summed E-state index contributed by atoms with van der Waals surface area (Å²) in [7, 11) is 0.514. The van der Waals surface area contributed by atoms with Crippen LogP contribution in [-0.4, -0.2) is 35.6 Å². The van der Waals surface area contributed by atoms with Crippen molar-refractivity contribution in [3.05, 3.63) is 119 Å². The average molecular weight is 531 g/mol. The molecule has 4 aromatic rings. The molecule has 0 fully saturated rings. The van der Waals surface area contributed by atoms with Crippen molar-refractivity contribution < 1.29 is 22.7 Å². The highest BCUT2D eigenvalue weighted by Crippen LogP contribution is 2.32. The lowest BCUT2D eigenvalue weighted by molar-refractivity contribution is 0.0943. The van der Waals surface area contributed by atoms with E-state index in [-0.39, 0.29) is 16.8 Å². The zero-order valence-corrected chi connectivity index (χ0v) is 22.5. The van der Waals surface area contributed by atoms with Crippen molar-refractivity contribution in [2.45, 2.75) is 17.9 Å². The van der Waals surface area contributed by atoms with Crippen molar-refractivity contribution in [1.29, 1.82) is 0 Å². The Morgan fingerprint density at radius 1 is 0.816 bits per heavy atom. The number of methoxy groups -OCH3 is 2. The molecule has 0 spiro atoms. The molecule has 1 unspecified atom stereocenters. The Bertz CT molecular complexity index is 1520. The number of hydrogen-bond donors (Lipinski definition) is 1. The van der Waals surface area contributed by atoms with E-state index in [1.165, 1.54) is 33.4 Å². The van der Waals surface area contributed by atoms with Gasteiger partial charge in [-0.25, -0.2) is 8.42 Å². The Morgan fingerprint density at radius 2 is 1.45 bits per heavy atom. The first kappa shape index (κ1) is 26.8. The van der Waals surface area contributed by atoms with Crippen LogP contribution in [0.15, 0.2) is 102 Å². The van der Waals surface area contributed by atoms with Gasteiger partial charge in [-0.1, -0.05) is 54.6 Å². The summed E-state index contributed by atoms with van der Waals surface area (Å²) in [5.41, 5.74) is 3.87. The second-order valence-electron chi connectivity index (χ2n) is 8.71. The summed E-state index contributed by atoms with van der Waals surface area (Å²) in [6, 6.07) is 28.3. The van der Waals surface area contributed by atoms with Gasteiger partial charge in [0.1, 0.15) is 0 Å². The largest absolute Gasteiger partial charge is 0.493 e. The summed E-state index contributed by atoms with van der Waals surface area (Å²) < 4.78 is 38.1. The molecule has 1 N–H and O–H groups in total. The van der Waals surface area contributed by atoms with E-state index >= 15 is 0 Å². The van der Waals surface area contributed by atoms with E-state index in [2.05, 4.69) is 5.32 Å². The van der Waals surface area contributed by atoms with Crippen LogP contribution in [0.5, 0.6) is 11.5 Å². The summed E-state index contributed by atoms with van der Waals surface area (Å²) in [6.45, 7) is 2.01. The SMILES string of the molecule is COc1ccc(S(=O)(=O)N(C)c2ccc(C(=O)NC(c3ccccc3)c3ccccc3C)cc2)cc1OC. The second kappa shape index (κ2) is 11.4. The lowest BCUT2D eigenvalue weighted by Gasteiger charge is -2.22. The fraction of sp³-hybridized carbons (Fsp3) is 0.167. The van der Waals surface area contributed by atoms with Crippen molar-refractivity contribution >= 4 is 21.6 Å². The highest BCUT2D eigenvalue weighted by molar-refractivity contribution is 7.92. The van der Waals surface area contributed by atoms with Gasteiger partial charge in [0.25, 0.3) is 15.9 Å². The van der Waals surface area contributed by atoms with Gasteiger partial charge in [-0.3, -0.25) is 9.10 Å². The van der Waals surface area contributed by atoms with Crippen LogP contribution in [0.4, 0.5) is 5.69 Å². The summed E-state index contributed by atoms with van der Waals surface area (Å²) in [6.07, 6.45) is 0. The number of hydrogen-bond acceptors (Lipinski definition) is 5.